The lowest BCUT2D eigenvalue weighted by molar-refractivity contribution is 0.0518. The molecular formula is C19H28N2O3. The second-order valence-corrected chi connectivity index (χ2v) is 7.95. The number of nitrogens with zero attached hydrogens (tertiary/aromatic N) is 1. The van der Waals surface area contributed by atoms with Crippen molar-refractivity contribution in [2.24, 2.45) is 17.8 Å². The Morgan fingerprint density at radius 3 is 2.67 bits per heavy atom. The number of carbonyl (C=O) groups is 1. The summed E-state index contributed by atoms with van der Waals surface area (Å²) >= 11 is 0. The minimum Gasteiger partial charge on any atom is -0.444 e. The van der Waals surface area contributed by atoms with Crippen molar-refractivity contribution in [2.75, 3.05) is 19.7 Å². The summed E-state index contributed by atoms with van der Waals surface area (Å²) < 4.78 is 5.28. The first-order chi connectivity index (χ1) is 11.4. The molecule has 1 saturated carbocycles. The lowest BCUT2D eigenvalue weighted by Gasteiger charge is -2.27. The topological polar surface area (TPSA) is 61.8 Å². The van der Waals surface area contributed by atoms with Crippen LogP contribution in [0, 0.1) is 17.8 Å². The minimum absolute atomic E-state index is 0.178. The molecule has 3 rings (SSSR count). The zero-order valence-corrected chi connectivity index (χ0v) is 14.7. The number of benzene rings is 1. The van der Waals surface area contributed by atoms with Gasteiger partial charge in [-0.3, -0.25) is 4.90 Å². The molecule has 0 bridgehead atoms. The molecule has 1 heterocycles. The van der Waals surface area contributed by atoms with Gasteiger partial charge in [-0.25, -0.2) is 4.79 Å². The highest BCUT2D eigenvalue weighted by atomic mass is 16.6. The van der Waals surface area contributed by atoms with Crippen molar-refractivity contribution in [3.8, 4) is 0 Å². The van der Waals surface area contributed by atoms with Crippen LogP contribution in [0.3, 0.4) is 0 Å². The fraction of sp³-hybridized carbons (Fsp3) is 0.632. The van der Waals surface area contributed by atoms with E-state index < -0.39 is 5.60 Å². The smallest absolute Gasteiger partial charge is 0.407 e. The Morgan fingerprint density at radius 1 is 1.33 bits per heavy atom. The van der Waals surface area contributed by atoms with Gasteiger partial charge in [-0.05, 0) is 44.1 Å². The third-order valence-electron chi connectivity index (χ3n) is 5.05. The van der Waals surface area contributed by atoms with E-state index in [0.717, 1.165) is 13.1 Å². The van der Waals surface area contributed by atoms with Crippen molar-refractivity contribution in [3.05, 3.63) is 35.9 Å². The first-order valence-electron chi connectivity index (χ1n) is 8.75. The van der Waals surface area contributed by atoms with Crippen LogP contribution in [0.4, 0.5) is 4.79 Å². The molecule has 1 aliphatic heterocycles. The van der Waals surface area contributed by atoms with Crippen molar-refractivity contribution in [1.82, 2.24) is 10.2 Å². The van der Waals surface area contributed by atoms with Crippen LogP contribution in [0.1, 0.15) is 26.3 Å². The van der Waals surface area contributed by atoms with Crippen molar-refractivity contribution in [2.45, 2.75) is 39.0 Å². The number of fused-ring (bicyclic) bond motifs is 1. The zero-order chi connectivity index (χ0) is 17.3. The number of carbonyl (C=O) groups excluding carboxylic acids is 1. The van der Waals surface area contributed by atoms with Gasteiger partial charge in [-0.2, -0.15) is 0 Å². The second-order valence-electron chi connectivity index (χ2n) is 7.95. The summed E-state index contributed by atoms with van der Waals surface area (Å²) in [6.45, 7) is 8.28. The summed E-state index contributed by atoms with van der Waals surface area (Å²) in [7, 11) is 0. The van der Waals surface area contributed by atoms with Crippen LogP contribution in [-0.4, -0.2) is 47.4 Å². The van der Waals surface area contributed by atoms with E-state index in [0.29, 0.717) is 24.3 Å². The van der Waals surface area contributed by atoms with Gasteiger partial charge in [-0.15, -0.1) is 0 Å². The number of likely N-dealkylation sites (tertiary alicyclic amines) is 1. The molecule has 2 fully saturated rings. The number of alkyl carbamates (subject to hydrolysis) is 1. The van der Waals surface area contributed by atoms with E-state index in [1.807, 2.05) is 39.0 Å². The van der Waals surface area contributed by atoms with E-state index in [9.17, 15) is 9.90 Å². The van der Waals surface area contributed by atoms with Crippen LogP contribution in [-0.2, 0) is 11.3 Å². The normalized spacial score (nSPS) is 29.2. The molecule has 0 spiro atoms. The standard InChI is InChI=1S/C19H28N2O3/c1-19(2,3)24-18(23)20-9-14-15-11-21(16(12-22)17(14)15)10-13-7-5-4-6-8-13/h4-8,14-17,22H,9-12H2,1-3H3,(H,20,23)/t14-,15-,16-,17+/m1/s1. The fourth-order valence-electron chi connectivity index (χ4n) is 3.99. The van der Waals surface area contributed by atoms with Gasteiger partial charge in [0.1, 0.15) is 5.60 Å². The lowest BCUT2D eigenvalue weighted by Crippen LogP contribution is -2.39. The molecule has 2 aliphatic rings. The largest absolute Gasteiger partial charge is 0.444 e. The Morgan fingerprint density at radius 2 is 2.04 bits per heavy atom. The summed E-state index contributed by atoms with van der Waals surface area (Å²) in [4.78, 5) is 14.1. The molecule has 0 unspecified atom stereocenters. The Labute approximate surface area is 144 Å². The molecule has 2 N–H and O–H groups in total. The fourth-order valence-corrected chi connectivity index (χ4v) is 3.99. The summed E-state index contributed by atoms with van der Waals surface area (Å²) in [6.07, 6.45) is -0.353. The predicted molar refractivity (Wildman–Crippen MR) is 92.4 cm³/mol. The molecule has 5 heteroatoms. The monoisotopic (exact) mass is 332 g/mol. The summed E-state index contributed by atoms with van der Waals surface area (Å²) in [5.74, 6) is 1.51. The summed E-state index contributed by atoms with van der Waals surface area (Å²) in [5, 5.41) is 12.7. The van der Waals surface area contributed by atoms with Gasteiger partial charge in [0.15, 0.2) is 0 Å². The number of hydrogen-bond donors (Lipinski definition) is 2. The molecule has 0 radical (unpaired) electrons. The van der Waals surface area contributed by atoms with Gasteiger partial charge in [-0.1, -0.05) is 30.3 Å². The maximum atomic E-state index is 11.8. The second kappa shape index (κ2) is 6.73. The van der Waals surface area contributed by atoms with Gasteiger partial charge in [0.25, 0.3) is 0 Å². The Hall–Kier alpha value is -1.59. The maximum absolute atomic E-state index is 11.8. The summed E-state index contributed by atoms with van der Waals surface area (Å²) in [5.41, 5.74) is 0.810. The van der Waals surface area contributed by atoms with Gasteiger partial charge >= 0.3 is 6.09 Å². The third-order valence-corrected chi connectivity index (χ3v) is 5.05. The number of piperidine rings is 1. The third kappa shape index (κ3) is 3.90. The van der Waals surface area contributed by atoms with Crippen LogP contribution in [0.15, 0.2) is 30.3 Å². The number of hydrogen-bond acceptors (Lipinski definition) is 4. The van der Waals surface area contributed by atoms with E-state index in [2.05, 4.69) is 22.3 Å². The van der Waals surface area contributed by atoms with Crippen LogP contribution in [0.5, 0.6) is 0 Å². The summed E-state index contributed by atoms with van der Waals surface area (Å²) in [6, 6.07) is 10.6. The Bertz CT molecular complexity index is 570. The molecule has 132 valence electrons. The van der Waals surface area contributed by atoms with Gasteiger partial charge in [0.05, 0.1) is 6.61 Å². The minimum atomic E-state index is -0.469. The first kappa shape index (κ1) is 17.2. The van der Waals surface area contributed by atoms with E-state index in [1.54, 1.807) is 0 Å². The highest BCUT2D eigenvalue weighted by Gasteiger charge is 2.60. The number of amides is 1. The molecular weight excluding hydrogens is 304 g/mol. The first-order valence-corrected chi connectivity index (χ1v) is 8.75. The SMILES string of the molecule is CC(C)(C)OC(=O)NC[C@@H]1[C@H]2CN(Cc3ccccc3)[C@H](CO)[C@@H]12. The van der Waals surface area contributed by atoms with E-state index in [-0.39, 0.29) is 18.7 Å². The Balaban J connectivity index is 1.48. The molecule has 24 heavy (non-hydrogen) atoms. The zero-order valence-electron chi connectivity index (χ0n) is 14.7. The van der Waals surface area contributed by atoms with Crippen molar-refractivity contribution >= 4 is 6.09 Å². The van der Waals surface area contributed by atoms with Gasteiger partial charge in [0.2, 0.25) is 0 Å². The molecule has 4 atom stereocenters. The molecule has 5 nitrogen and oxygen atoms in total. The molecule has 1 aromatic rings. The average Bonchev–Trinajstić information content (AvgIpc) is 3.05. The highest BCUT2D eigenvalue weighted by Crippen LogP contribution is 2.55. The predicted octanol–water partition coefficient (Wildman–Crippen LogP) is 2.25. The maximum Gasteiger partial charge on any atom is 0.407 e. The molecule has 1 aliphatic carbocycles. The number of ether oxygens (including phenoxy) is 1. The van der Waals surface area contributed by atoms with Crippen molar-refractivity contribution < 1.29 is 14.6 Å². The molecule has 1 saturated heterocycles. The van der Waals surface area contributed by atoms with E-state index in [4.69, 9.17) is 4.74 Å². The van der Waals surface area contributed by atoms with Crippen molar-refractivity contribution in [1.29, 1.82) is 0 Å². The van der Waals surface area contributed by atoms with Crippen molar-refractivity contribution in [3.63, 3.8) is 0 Å². The van der Waals surface area contributed by atoms with Crippen LogP contribution >= 0.6 is 0 Å². The number of nitrogens with one attached hydrogen (secondary N) is 1. The van der Waals surface area contributed by atoms with Crippen LogP contribution in [0.2, 0.25) is 0 Å². The number of rotatable bonds is 5. The van der Waals surface area contributed by atoms with Crippen LogP contribution in [0.25, 0.3) is 0 Å². The number of aliphatic hydroxyl groups is 1. The lowest BCUT2D eigenvalue weighted by atomic mass is 10.1. The molecule has 1 aromatic carbocycles. The van der Waals surface area contributed by atoms with E-state index in [1.165, 1.54) is 5.56 Å². The molecule has 1 amide bonds. The van der Waals surface area contributed by atoms with Crippen LogP contribution < -0.4 is 5.32 Å². The highest BCUT2D eigenvalue weighted by molar-refractivity contribution is 5.67. The quantitative estimate of drug-likeness (QED) is 0.868. The van der Waals surface area contributed by atoms with Gasteiger partial charge < -0.3 is 15.2 Å². The van der Waals surface area contributed by atoms with E-state index >= 15 is 0 Å². The van der Waals surface area contributed by atoms with Gasteiger partial charge in [0, 0.05) is 25.7 Å². The molecule has 0 aromatic heterocycles. The number of aliphatic hydroxyl groups excluding tert-OH is 1. The average molecular weight is 332 g/mol. The Kier molecular flexibility index (Phi) is 4.83.